The van der Waals surface area contributed by atoms with E-state index in [4.69, 9.17) is 13.9 Å². The zero-order valence-electron chi connectivity index (χ0n) is 17.5. The third-order valence-corrected chi connectivity index (χ3v) is 5.87. The minimum absolute atomic E-state index is 0.0204. The van der Waals surface area contributed by atoms with Crippen molar-refractivity contribution >= 4 is 50.9 Å². The molecule has 0 aliphatic carbocycles. The highest BCUT2D eigenvalue weighted by molar-refractivity contribution is 7.18. The van der Waals surface area contributed by atoms with Gasteiger partial charge in [0.1, 0.15) is 10.6 Å². The first-order valence-electron chi connectivity index (χ1n) is 9.51. The van der Waals surface area contributed by atoms with Crippen LogP contribution in [0.3, 0.4) is 0 Å². The van der Waals surface area contributed by atoms with Crippen LogP contribution < -0.4 is 5.32 Å². The summed E-state index contributed by atoms with van der Waals surface area (Å²) in [6, 6.07) is 7.16. The first-order chi connectivity index (χ1) is 14.7. The molecule has 1 N–H and O–H groups in total. The highest BCUT2D eigenvalue weighted by Crippen LogP contribution is 2.34. The standard InChI is InChI=1S/C22H21NO7S/c1-5-28-21(26)17-12(3)19(13(4)24)31-20(17)23-16(25)10-29-22(27)18-11(2)14-8-6-7-9-15(14)30-18/h6-9H,5,10H2,1-4H3,(H,23,25). The lowest BCUT2D eigenvalue weighted by Crippen LogP contribution is -2.22. The molecular formula is C22H21NO7S. The monoisotopic (exact) mass is 443 g/mol. The van der Waals surface area contributed by atoms with E-state index < -0.39 is 24.5 Å². The number of ketones is 1. The second-order valence-electron chi connectivity index (χ2n) is 6.71. The van der Waals surface area contributed by atoms with E-state index in [0.29, 0.717) is 21.6 Å². The van der Waals surface area contributed by atoms with Crippen molar-refractivity contribution in [3.63, 3.8) is 0 Å². The normalized spacial score (nSPS) is 10.7. The number of nitrogens with one attached hydrogen (secondary N) is 1. The second kappa shape index (κ2) is 9.13. The number of amides is 1. The summed E-state index contributed by atoms with van der Waals surface area (Å²) < 4.78 is 15.6. The molecule has 0 saturated heterocycles. The summed E-state index contributed by atoms with van der Waals surface area (Å²) in [5.74, 6) is -2.30. The smallest absolute Gasteiger partial charge is 0.375 e. The van der Waals surface area contributed by atoms with Gasteiger partial charge in [-0.3, -0.25) is 9.59 Å². The van der Waals surface area contributed by atoms with Crippen molar-refractivity contribution < 1.29 is 33.1 Å². The Morgan fingerprint density at radius 1 is 1.03 bits per heavy atom. The summed E-state index contributed by atoms with van der Waals surface area (Å²) in [4.78, 5) is 49.3. The molecule has 0 unspecified atom stereocenters. The molecule has 1 aromatic carbocycles. The van der Waals surface area contributed by atoms with Gasteiger partial charge < -0.3 is 19.2 Å². The van der Waals surface area contributed by atoms with Crippen LogP contribution in [0.4, 0.5) is 5.00 Å². The van der Waals surface area contributed by atoms with Gasteiger partial charge in [-0.25, -0.2) is 9.59 Å². The lowest BCUT2D eigenvalue weighted by atomic mass is 10.1. The molecule has 0 spiro atoms. The number of para-hydroxylation sites is 1. The largest absolute Gasteiger partial charge is 0.462 e. The molecule has 3 aromatic rings. The van der Waals surface area contributed by atoms with Gasteiger partial charge in [0.2, 0.25) is 5.76 Å². The Balaban J connectivity index is 1.74. The van der Waals surface area contributed by atoms with Crippen LogP contribution in [0, 0.1) is 13.8 Å². The number of furan rings is 1. The zero-order chi connectivity index (χ0) is 22.7. The topological polar surface area (TPSA) is 112 Å². The van der Waals surface area contributed by atoms with Crippen molar-refractivity contribution in [2.24, 2.45) is 0 Å². The van der Waals surface area contributed by atoms with Crippen molar-refractivity contribution in [2.45, 2.75) is 27.7 Å². The number of thiophene rings is 1. The van der Waals surface area contributed by atoms with Gasteiger partial charge in [0, 0.05) is 10.9 Å². The van der Waals surface area contributed by atoms with Crippen LogP contribution in [0.2, 0.25) is 0 Å². The van der Waals surface area contributed by atoms with Crippen LogP contribution in [-0.2, 0) is 14.3 Å². The third kappa shape index (κ3) is 4.51. The Hall–Kier alpha value is -3.46. The van der Waals surface area contributed by atoms with Crippen molar-refractivity contribution in [1.29, 1.82) is 0 Å². The molecule has 162 valence electrons. The van der Waals surface area contributed by atoms with Crippen LogP contribution >= 0.6 is 11.3 Å². The van der Waals surface area contributed by atoms with Crippen molar-refractivity contribution in [3.05, 3.63) is 51.6 Å². The Labute approximate surface area is 182 Å². The Morgan fingerprint density at radius 3 is 2.39 bits per heavy atom. The first kappa shape index (κ1) is 22.2. The van der Waals surface area contributed by atoms with Crippen molar-refractivity contribution in [3.8, 4) is 0 Å². The summed E-state index contributed by atoms with van der Waals surface area (Å²) in [7, 11) is 0. The molecule has 0 atom stereocenters. The molecular weight excluding hydrogens is 422 g/mol. The molecule has 2 heterocycles. The molecule has 3 rings (SSSR count). The van der Waals surface area contributed by atoms with Gasteiger partial charge in [0.05, 0.1) is 17.0 Å². The van der Waals surface area contributed by atoms with Gasteiger partial charge in [-0.05, 0) is 39.3 Å². The van der Waals surface area contributed by atoms with Crippen LogP contribution in [0.25, 0.3) is 11.0 Å². The second-order valence-corrected chi connectivity index (χ2v) is 7.73. The number of rotatable bonds is 7. The minimum Gasteiger partial charge on any atom is -0.462 e. The molecule has 0 aliphatic rings. The maximum atomic E-state index is 12.4. The fraction of sp³-hybridized carbons (Fsp3) is 0.273. The number of benzene rings is 1. The number of hydrogen-bond acceptors (Lipinski definition) is 8. The number of esters is 2. The maximum Gasteiger partial charge on any atom is 0.375 e. The average Bonchev–Trinajstić information content (AvgIpc) is 3.23. The quantitative estimate of drug-likeness (QED) is 0.428. The van der Waals surface area contributed by atoms with E-state index in [-0.39, 0.29) is 28.7 Å². The highest BCUT2D eigenvalue weighted by atomic mass is 32.1. The van der Waals surface area contributed by atoms with Gasteiger partial charge in [0.15, 0.2) is 12.4 Å². The maximum absolute atomic E-state index is 12.4. The van der Waals surface area contributed by atoms with Crippen LogP contribution in [0.15, 0.2) is 28.7 Å². The van der Waals surface area contributed by atoms with Crippen molar-refractivity contribution in [2.75, 3.05) is 18.5 Å². The molecule has 1 amide bonds. The summed E-state index contributed by atoms with van der Waals surface area (Å²) in [5.41, 5.74) is 1.71. The van der Waals surface area contributed by atoms with E-state index in [2.05, 4.69) is 5.32 Å². The zero-order valence-corrected chi connectivity index (χ0v) is 18.3. The Bertz CT molecular complexity index is 1190. The number of anilines is 1. The lowest BCUT2D eigenvalue weighted by Gasteiger charge is -2.07. The van der Waals surface area contributed by atoms with Gasteiger partial charge in [-0.15, -0.1) is 11.3 Å². The number of aryl methyl sites for hydroxylation is 1. The van der Waals surface area contributed by atoms with Crippen LogP contribution in [0.5, 0.6) is 0 Å². The number of carbonyl (C=O) groups excluding carboxylic acids is 4. The lowest BCUT2D eigenvalue weighted by molar-refractivity contribution is -0.119. The number of fused-ring (bicyclic) bond motifs is 1. The molecule has 9 heteroatoms. The van der Waals surface area contributed by atoms with E-state index in [1.165, 1.54) is 6.92 Å². The van der Waals surface area contributed by atoms with Gasteiger partial charge in [0.25, 0.3) is 5.91 Å². The number of Topliss-reactive ketones (excluding diaryl/α,β-unsaturated/α-hetero) is 1. The summed E-state index contributed by atoms with van der Waals surface area (Å²) in [6.45, 7) is 5.92. The molecule has 8 nitrogen and oxygen atoms in total. The number of carbonyl (C=O) groups is 4. The SMILES string of the molecule is CCOC(=O)c1c(NC(=O)COC(=O)c2oc3ccccc3c2C)sc(C(C)=O)c1C. The molecule has 0 saturated carbocycles. The summed E-state index contributed by atoms with van der Waals surface area (Å²) >= 11 is 0.971. The molecule has 2 aromatic heterocycles. The van der Waals surface area contributed by atoms with Gasteiger partial charge in [-0.2, -0.15) is 0 Å². The average molecular weight is 443 g/mol. The highest BCUT2D eigenvalue weighted by Gasteiger charge is 2.26. The van der Waals surface area contributed by atoms with E-state index in [0.717, 1.165) is 16.7 Å². The van der Waals surface area contributed by atoms with Crippen LogP contribution in [-0.4, -0.2) is 36.8 Å². The third-order valence-electron chi connectivity index (χ3n) is 4.56. The summed E-state index contributed by atoms with van der Waals surface area (Å²) in [5, 5.41) is 3.48. The van der Waals surface area contributed by atoms with E-state index in [1.807, 2.05) is 12.1 Å². The fourth-order valence-electron chi connectivity index (χ4n) is 3.11. The molecule has 0 radical (unpaired) electrons. The molecule has 31 heavy (non-hydrogen) atoms. The molecule has 0 fully saturated rings. The number of ether oxygens (including phenoxy) is 2. The van der Waals surface area contributed by atoms with Gasteiger partial charge >= 0.3 is 11.9 Å². The summed E-state index contributed by atoms with van der Waals surface area (Å²) in [6.07, 6.45) is 0. The molecule has 0 aliphatic heterocycles. The minimum atomic E-state index is -0.777. The van der Waals surface area contributed by atoms with Crippen molar-refractivity contribution in [1.82, 2.24) is 0 Å². The first-order valence-corrected chi connectivity index (χ1v) is 10.3. The van der Waals surface area contributed by atoms with E-state index in [9.17, 15) is 19.2 Å². The predicted octanol–water partition coefficient (Wildman–Crippen LogP) is 4.29. The van der Waals surface area contributed by atoms with E-state index >= 15 is 0 Å². The van der Waals surface area contributed by atoms with Crippen LogP contribution in [0.1, 0.15) is 55.6 Å². The molecule has 0 bridgehead atoms. The Morgan fingerprint density at radius 2 is 1.74 bits per heavy atom. The predicted molar refractivity (Wildman–Crippen MR) is 115 cm³/mol. The van der Waals surface area contributed by atoms with Gasteiger partial charge in [-0.1, -0.05) is 18.2 Å². The van der Waals surface area contributed by atoms with E-state index in [1.54, 1.807) is 32.9 Å². The number of hydrogen-bond donors (Lipinski definition) is 1. The Kier molecular flexibility index (Phi) is 6.55. The fourth-order valence-corrected chi connectivity index (χ4v) is 4.22.